The molecule has 2 aromatic carbocycles. The third kappa shape index (κ3) is 5.04. The summed E-state index contributed by atoms with van der Waals surface area (Å²) in [5.41, 5.74) is 9.80. The van der Waals surface area contributed by atoms with Crippen molar-refractivity contribution < 1.29 is 14.7 Å². The molecule has 0 amide bonds. The fraction of sp³-hybridized carbons (Fsp3) is 0.423. The molecule has 1 fully saturated rings. The molecule has 0 saturated carbocycles. The number of likely N-dealkylation sites (N-methyl/N-ethyl adjacent to an activating group) is 1. The number of nitrogens with two attached hydrogens (primary N) is 1. The van der Waals surface area contributed by atoms with Crippen LogP contribution in [0.4, 0.5) is 0 Å². The number of hydrogen-bond acceptors (Lipinski definition) is 7. The van der Waals surface area contributed by atoms with E-state index in [1.54, 1.807) is 4.90 Å². The van der Waals surface area contributed by atoms with Crippen LogP contribution < -0.4 is 5.73 Å². The van der Waals surface area contributed by atoms with Gasteiger partial charge in [0.25, 0.3) is 0 Å². The second kappa shape index (κ2) is 10.0. The predicted octanol–water partition coefficient (Wildman–Crippen LogP) is 1.96. The largest absolute Gasteiger partial charge is 0.480 e. The smallest absolute Gasteiger partial charge is 0.317 e. The minimum absolute atomic E-state index is 0.0841. The van der Waals surface area contributed by atoms with Gasteiger partial charge >= 0.3 is 5.97 Å². The van der Waals surface area contributed by atoms with Crippen molar-refractivity contribution in [1.82, 2.24) is 14.8 Å². The summed E-state index contributed by atoms with van der Waals surface area (Å²) in [5.74, 6) is -0.991. The van der Waals surface area contributed by atoms with Crippen molar-refractivity contribution in [3.05, 3.63) is 70.3 Å². The van der Waals surface area contributed by atoms with Gasteiger partial charge < -0.3 is 15.7 Å². The van der Waals surface area contributed by atoms with Gasteiger partial charge in [-0.2, -0.15) is 5.10 Å². The lowest BCUT2D eigenvalue weighted by atomic mass is 9.84. The van der Waals surface area contributed by atoms with Crippen molar-refractivity contribution in [3.8, 4) is 0 Å². The zero-order chi connectivity index (χ0) is 24.3. The van der Waals surface area contributed by atoms with Gasteiger partial charge in [0.15, 0.2) is 5.78 Å². The Morgan fingerprint density at radius 1 is 1.06 bits per heavy atom. The summed E-state index contributed by atoms with van der Waals surface area (Å²) >= 11 is 0. The van der Waals surface area contributed by atoms with Gasteiger partial charge in [0, 0.05) is 43.9 Å². The van der Waals surface area contributed by atoms with E-state index in [-0.39, 0.29) is 12.3 Å². The molecule has 2 aromatic rings. The Bertz CT molecular complexity index is 1080. The van der Waals surface area contributed by atoms with Crippen LogP contribution in [0.3, 0.4) is 0 Å². The highest BCUT2D eigenvalue weighted by atomic mass is 16.4. The van der Waals surface area contributed by atoms with Gasteiger partial charge in [0.1, 0.15) is 0 Å². The Balaban J connectivity index is 1.51. The number of nitrogens with zero attached hydrogens (tertiary/aromatic N) is 4. The SMILES string of the molecule is CCC1(N)c2cc(C(=O)c3ccc(C=NN4CCN(C)CC4)cc3)ccc2CCN1CC(=O)O. The molecule has 8 heteroatoms. The number of hydrazone groups is 1. The summed E-state index contributed by atoms with van der Waals surface area (Å²) in [6, 6.07) is 13.1. The average Bonchev–Trinajstić information content (AvgIpc) is 2.85. The van der Waals surface area contributed by atoms with Gasteiger partial charge in [-0.15, -0.1) is 0 Å². The van der Waals surface area contributed by atoms with Gasteiger partial charge in [-0.05, 0) is 42.6 Å². The summed E-state index contributed by atoms with van der Waals surface area (Å²) in [6.07, 6.45) is 3.09. The second-order valence-electron chi connectivity index (χ2n) is 9.17. The summed E-state index contributed by atoms with van der Waals surface area (Å²) < 4.78 is 0. The highest BCUT2D eigenvalue weighted by molar-refractivity contribution is 6.09. The molecule has 2 aliphatic heterocycles. The second-order valence-corrected chi connectivity index (χ2v) is 9.17. The minimum atomic E-state index is -0.911. The highest BCUT2D eigenvalue weighted by Crippen LogP contribution is 2.35. The normalized spacial score (nSPS) is 21.6. The number of carboxylic acids is 1. The first kappa shape index (κ1) is 24.1. The van der Waals surface area contributed by atoms with Crippen LogP contribution in [-0.4, -0.2) is 84.2 Å². The van der Waals surface area contributed by atoms with Crippen molar-refractivity contribution in [1.29, 1.82) is 0 Å². The van der Waals surface area contributed by atoms with Gasteiger partial charge in [-0.1, -0.05) is 43.3 Å². The number of aliphatic carboxylic acids is 1. The molecular weight excluding hydrogens is 430 g/mol. The van der Waals surface area contributed by atoms with Crippen molar-refractivity contribution in [2.75, 3.05) is 46.3 Å². The molecule has 0 radical (unpaired) electrons. The molecular formula is C26H33N5O3. The van der Waals surface area contributed by atoms with Gasteiger partial charge in [0.05, 0.1) is 18.4 Å². The fourth-order valence-corrected chi connectivity index (χ4v) is 4.71. The van der Waals surface area contributed by atoms with Crippen molar-refractivity contribution >= 4 is 18.0 Å². The third-order valence-corrected chi connectivity index (χ3v) is 6.94. The van der Waals surface area contributed by atoms with E-state index in [1.807, 2.05) is 55.6 Å². The molecule has 1 atom stereocenters. The lowest BCUT2D eigenvalue weighted by Crippen LogP contribution is -2.57. The van der Waals surface area contributed by atoms with E-state index >= 15 is 0 Å². The standard InChI is InChI=1S/C26H33N5O3/c1-3-26(27)23-16-22(9-8-20(23)10-11-30(26)18-24(32)33)25(34)21-6-4-19(5-7-21)17-28-31-14-12-29(2)13-15-31/h4-9,16-17H,3,10-15,18,27H2,1-2H3,(H,32,33). The molecule has 0 aromatic heterocycles. The third-order valence-electron chi connectivity index (χ3n) is 6.94. The van der Waals surface area contributed by atoms with Gasteiger partial charge in [-0.3, -0.25) is 19.5 Å². The zero-order valence-electron chi connectivity index (χ0n) is 19.9. The van der Waals surface area contributed by atoms with E-state index in [4.69, 9.17) is 5.73 Å². The highest BCUT2D eigenvalue weighted by Gasteiger charge is 2.39. The maximum Gasteiger partial charge on any atom is 0.317 e. The molecule has 2 heterocycles. The van der Waals surface area contributed by atoms with Gasteiger partial charge in [0.2, 0.25) is 0 Å². The summed E-state index contributed by atoms with van der Waals surface area (Å²) in [7, 11) is 2.11. The maximum absolute atomic E-state index is 13.2. The zero-order valence-corrected chi connectivity index (χ0v) is 19.9. The predicted molar refractivity (Wildman–Crippen MR) is 132 cm³/mol. The molecule has 8 nitrogen and oxygen atoms in total. The monoisotopic (exact) mass is 463 g/mol. The van der Waals surface area contributed by atoms with Crippen molar-refractivity contribution in [3.63, 3.8) is 0 Å². The lowest BCUT2D eigenvalue weighted by molar-refractivity contribution is -0.140. The Labute approximate surface area is 200 Å². The molecule has 0 spiro atoms. The Morgan fingerprint density at radius 3 is 2.38 bits per heavy atom. The number of ketones is 1. The van der Waals surface area contributed by atoms with Crippen LogP contribution in [0.5, 0.6) is 0 Å². The van der Waals surface area contributed by atoms with E-state index < -0.39 is 11.6 Å². The minimum Gasteiger partial charge on any atom is -0.480 e. The van der Waals surface area contributed by atoms with Crippen LogP contribution >= 0.6 is 0 Å². The maximum atomic E-state index is 13.2. The molecule has 2 aliphatic rings. The number of carboxylic acid groups (broad SMARTS) is 1. The van der Waals surface area contributed by atoms with Gasteiger partial charge in [-0.25, -0.2) is 0 Å². The lowest BCUT2D eigenvalue weighted by Gasteiger charge is -2.44. The molecule has 34 heavy (non-hydrogen) atoms. The molecule has 0 bridgehead atoms. The number of rotatable bonds is 7. The van der Waals surface area contributed by atoms with Crippen LogP contribution in [0, 0.1) is 0 Å². The average molecular weight is 464 g/mol. The molecule has 1 saturated heterocycles. The number of carbonyl (C=O) groups is 2. The van der Waals surface area contributed by atoms with E-state index in [1.165, 1.54) is 0 Å². The van der Waals surface area contributed by atoms with Crippen molar-refractivity contribution in [2.24, 2.45) is 10.8 Å². The first-order chi connectivity index (χ1) is 16.3. The molecule has 4 rings (SSSR count). The topological polar surface area (TPSA) is 102 Å². The number of carbonyl (C=O) groups excluding carboxylic acids is 1. The van der Waals surface area contributed by atoms with Crippen LogP contribution in [0.15, 0.2) is 47.6 Å². The Morgan fingerprint density at radius 2 is 1.74 bits per heavy atom. The molecule has 180 valence electrons. The molecule has 1 unspecified atom stereocenters. The number of fused-ring (bicyclic) bond motifs is 1. The van der Waals surface area contributed by atoms with E-state index in [9.17, 15) is 14.7 Å². The van der Waals surface area contributed by atoms with Crippen LogP contribution in [-0.2, 0) is 16.9 Å². The number of piperazine rings is 1. The van der Waals surface area contributed by atoms with E-state index in [0.29, 0.717) is 30.5 Å². The Kier molecular flexibility index (Phi) is 7.11. The van der Waals surface area contributed by atoms with Crippen molar-refractivity contribution in [2.45, 2.75) is 25.4 Å². The number of benzene rings is 2. The summed E-state index contributed by atoms with van der Waals surface area (Å²) in [4.78, 5) is 28.7. The quantitative estimate of drug-likeness (QED) is 0.478. The Hall–Kier alpha value is -3.07. The molecule has 0 aliphatic carbocycles. The van der Waals surface area contributed by atoms with E-state index in [2.05, 4.69) is 22.1 Å². The summed E-state index contributed by atoms with van der Waals surface area (Å²) in [5, 5.41) is 15.9. The first-order valence-corrected chi connectivity index (χ1v) is 11.8. The first-order valence-electron chi connectivity index (χ1n) is 11.8. The summed E-state index contributed by atoms with van der Waals surface area (Å²) in [6.45, 7) is 6.22. The fourth-order valence-electron chi connectivity index (χ4n) is 4.71. The van der Waals surface area contributed by atoms with Crippen LogP contribution in [0.25, 0.3) is 0 Å². The molecule has 3 N–H and O–H groups in total. The van der Waals surface area contributed by atoms with E-state index in [0.717, 1.165) is 42.9 Å². The van der Waals surface area contributed by atoms with Crippen LogP contribution in [0.1, 0.15) is 46.0 Å². The van der Waals surface area contributed by atoms with Crippen LogP contribution in [0.2, 0.25) is 0 Å². The number of hydrogen-bond donors (Lipinski definition) is 2.